The molecule has 0 unspecified atom stereocenters. The Morgan fingerprint density at radius 1 is 1.00 bits per heavy atom. The number of hydrogen-bond acceptors (Lipinski definition) is 1. The summed E-state index contributed by atoms with van der Waals surface area (Å²) in [4.78, 5) is 1.58. The van der Waals surface area contributed by atoms with Crippen molar-refractivity contribution in [1.82, 2.24) is 5.32 Å². The van der Waals surface area contributed by atoms with E-state index in [2.05, 4.69) is 5.32 Å². The molecular formula is C11H12F3N2. The summed E-state index contributed by atoms with van der Waals surface area (Å²) in [6, 6.07) is 1.42. The van der Waals surface area contributed by atoms with Crippen molar-refractivity contribution in [1.29, 1.82) is 0 Å². The van der Waals surface area contributed by atoms with Crippen molar-refractivity contribution < 1.29 is 13.2 Å². The van der Waals surface area contributed by atoms with Crippen molar-refractivity contribution >= 4 is 5.69 Å². The molecule has 87 valence electrons. The van der Waals surface area contributed by atoms with Crippen LogP contribution in [0.15, 0.2) is 12.1 Å². The van der Waals surface area contributed by atoms with E-state index in [9.17, 15) is 13.2 Å². The second kappa shape index (κ2) is 4.74. The van der Waals surface area contributed by atoms with Crippen LogP contribution in [0.3, 0.4) is 0 Å². The summed E-state index contributed by atoms with van der Waals surface area (Å²) in [6.45, 7) is 2.28. The third kappa shape index (κ3) is 2.29. The van der Waals surface area contributed by atoms with Gasteiger partial charge in [0.05, 0.1) is 0 Å². The summed E-state index contributed by atoms with van der Waals surface area (Å²) in [5, 5.41) is 4.16. The van der Waals surface area contributed by atoms with E-state index >= 15 is 0 Å². The smallest absolute Gasteiger partial charge is 0.152 e. The lowest BCUT2D eigenvalue weighted by Crippen LogP contribution is -2.28. The minimum atomic E-state index is -0.891. The molecule has 1 aliphatic heterocycles. The summed E-state index contributed by atoms with van der Waals surface area (Å²) >= 11 is 0. The van der Waals surface area contributed by atoms with Gasteiger partial charge < -0.3 is 4.90 Å². The van der Waals surface area contributed by atoms with Gasteiger partial charge in [0.1, 0.15) is 11.5 Å². The first kappa shape index (κ1) is 11.3. The van der Waals surface area contributed by atoms with Crippen molar-refractivity contribution in [3.05, 3.63) is 29.6 Å². The van der Waals surface area contributed by atoms with E-state index in [-0.39, 0.29) is 5.69 Å². The van der Waals surface area contributed by atoms with Gasteiger partial charge in [-0.3, -0.25) is 0 Å². The first-order chi connectivity index (χ1) is 7.68. The van der Waals surface area contributed by atoms with Crippen molar-refractivity contribution in [2.75, 3.05) is 31.1 Å². The normalized spacial score (nSPS) is 17.3. The highest BCUT2D eigenvalue weighted by Gasteiger charge is 2.19. The Hall–Kier alpha value is -1.23. The molecule has 0 aromatic heterocycles. The molecule has 1 radical (unpaired) electrons. The molecule has 0 saturated carbocycles. The standard InChI is InChI=1S/C11H12F3N2/c12-8-6-9(13)11(10(14)7-8)16-4-1-2-15-3-5-16/h6-7H,1-5H2. The number of benzene rings is 1. The van der Waals surface area contributed by atoms with Crippen molar-refractivity contribution in [3.63, 3.8) is 0 Å². The Morgan fingerprint density at radius 2 is 1.69 bits per heavy atom. The molecule has 2 rings (SSSR count). The highest BCUT2D eigenvalue weighted by molar-refractivity contribution is 5.49. The van der Waals surface area contributed by atoms with E-state index < -0.39 is 17.5 Å². The third-order valence-corrected chi connectivity index (χ3v) is 2.57. The second-order valence-electron chi connectivity index (χ2n) is 3.73. The van der Waals surface area contributed by atoms with E-state index in [4.69, 9.17) is 0 Å². The molecule has 0 amide bonds. The molecule has 1 aromatic carbocycles. The van der Waals surface area contributed by atoms with Crippen LogP contribution in [0.4, 0.5) is 18.9 Å². The van der Waals surface area contributed by atoms with Gasteiger partial charge in [-0.25, -0.2) is 18.5 Å². The quantitative estimate of drug-likeness (QED) is 0.719. The first-order valence-electron chi connectivity index (χ1n) is 5.21. The zero-order valence-corrected chi connectivity index (χ0v) is 8.72. The van der Waals surface area contributed by atoms with Crippen LogP contribution in [0.1, 0.15) is 6.42 Å². The SMILES string of the molecule is Fc1cc(F)c(N2CCC[N]CC2)c(F)c1. The molecule has 1 heterocycles. The number of rotatable bonds is 1. The number of anilines is 1. The molecule has 0 atom stereocenters. The van der Waals surface area contributed by atoms with Crippen LogP contribution in [-0.2, 0) is 0 Å². The molecule has 1 aliphatic rings. The molecular weight excluding hydrogens is 217 g/mol. The van der Waals surface area contributed by atoms with Crippen LogP contribution in [0, 0.1) is 17.5 Å². The van der Waals surface area contributed by atoms with Gasteiger partial charge >= 0.3 is 0 Å². The molecule has 1 fully saturated rings. The Balaban J connectivity index is 2.31. The zero-order valence-electron chi connectivity index (χ0n) is 8.72. The predicted octanol–water partition coefficient (Wildman–Crippen LogP) is 1.92. The Labute approximate surface area is 92.1 Å². The fourth-order valence-corrected chi connectivity index (χ4v) is 1.85. The number of halogens is 3. The van der Waals surface area contributed by atoms with Gasteiger partial charge in [-0.2, -0.15) is 0 Å². The minimum Gasteiger partial charge on any atom is -0.365 e. The molecule has 0 spiro atoms. The van der Waals surface area contributed by atoms with Crippen molar-refractivity contribution in [2.24, 2.45) is 0 Å². The Kier molecular flexibility index (Phi) is 3.33. The van der Waals surface area contributed by atoms with Crippen molar-refractivity contribution in [3.8, 4) is 0 Å². The predicted molar refractivity (Wildman–Crippen MR) is 55.0 cm³/mol. The van der Waals surface area contributed by atoms with Crippen molar-refractivity contribution in [2.45, 2.75) is 6.42 Å². The van der Waals surface area contributed by atoms with Gasteiger partial charge in [-0.05, 0) is 6.42 Å². The minimum absolute atomic E-state index is 0.140. The van der Waals surface area contributed by atoms with E-state index in [1.165, 1.54) is 0 Å². The zero-order chi connectivity index (χ0) is 11.5. The fourth-order valence-electron chi connectivity index (χ4n) is 1.85. The highest BCUT2D eigenvalue weighted by Crippen LogP contribution is 2.25. The summed E-state index contributed by atoms with van der Waals surface area (Å²) in [5.41, 5.74) is -0.140. The molecule has 5 heteroatoms. The van der Waals surface area contributed by atoms with Gasteiger partial charge in [0.25, 0.3) is 0 Å². The highest BCUT2D eigenvalue weighted by atomic mass is 19.1. The Morgan fingerprint density at radius 3 is 2.38 bits per heavy atom. The molecule has 0 N–H and O–H groups in total. The van der Waals surface area contributed by atoms with Crippen LogP contribution in [-0.4, -0.2) is 26.2 Å². The van der Waals surface area contributed by atoms with Crippen LogP contribution >= 0.6 is 0 Å². The van der Waals surface area contributed by atoms with Gasteiger partial charge in [0, 0.05) is 38.3 Å². The van der Waals surface area contributed by atoms with Gasteiger partial charge in [0.2, 0.25) is 0 Å². The average Bonchev–Trinajstić information content (AvgIpc) is 2.44. The fraction of sp³-hybridized carbons (Fsp3) is 0.455. The maximum absolute atomic E-state index is 13.5. The van der Waals surface area contributed by atoms with Gasteiger partial charge in [-0.1, -0.05) is 0 Å². The van der Waals surface area contributed by atoms with E-state index in [0.29, 0.717) is 38.3 Å². The third-order valence-electron chi connectivity index (χ3n) is 2.57. The number of nitrogens with zero attached hydrogens (tertiary/aromatic N) is 2. The maximum Gasteiger partial charge on any atom is 0.152 e. The first-order valence-corrected chi connectivity index (χ1v) is 5.21. The molecule has 0 bridgehead atoms. The lowest BCUT2D eigenvalue weighted by molar-refractivity contribution is 0.537. The van der Waals surface area contributed by atoms with Crippen LogP contribution < -0.4 is 10.2 Å². The monoisotopic (exact) mass is 229 g/mol. The summed E-state index contributed by atoms with van der Waals surface area (Å²) in [7, 11) is 0. The molecule has 2 nitrogen and oxygen atoms in total. The van der Waals surface area contributed by atoms with Crippen LogP contribution in [0.2, 0.25) is 0 Å². The summed E-state index contributed by atoms with van der Waals surface area (Å²) in [6.07, 6.45) is 0.760. The van der Waals surface area contributed by atoms with E-state index in [1.807, 2.05) is 0 Å². The molecule has 0 aliphatic carbocycles. The van der Waals surface area contributed by atoms with E-state index in [0.717, 1.165) is 6.42 Å². The van der Waals surface area contributed by atoms with E-state index in [1.54, 1.807) is 4.90 Å². The lowest BCUT2D eigenvalue weighted by atomic mass is 10.2. The lowest BCUT2D eigenvalue weighted by Gasteiger charge is -2.23. The summed E-state index contributed by atoms with van der Waals surface area (Å²) < 4.78 is 39.7. The molecule has 1 saturated heterocycles. The van der Waals surface area contributed by atoms with Gasteiger partial charge in [-0.15, -0.1) is 0 Å². The molecule has 1 aromatic rings. The van der Waals surface area contributed by atoms with Crippen LogP contribution in [0.5, 0.6) is 0 Å². The molecule has 16 heavy (non-hydrogen) atoms. The van der Waals surface area contributed by atoms with Gasteiger partial charge in [0.15, 0.2) is 11.6 Å². The summed E-state index contributed by atoms with van der Waals surface area (Å²) in [5.74, 6) is -2.59. The topological polar surface area (TPSA) is 17.3 Å². The largest absolute Gasteiger partial charge is 0.365 e. The van der Waals surface area contributed by atoms with Crippen LogP contribution in [0.25, 0.3) is 0 Å². The Bertz CT molecular complexity index is 350. The maximum atomic E-state index is 13.5. The number of hydrogen-bond donors (Lipinski definition) is 0. The average molecular weight is 229 g/mol. The second-order valence-corrected chi connectivity index (χ2v) is 3.73.